The van der Waals surface area contributed by atoms with Crippen LogP contribution in [-0.4, -0.2) is 31.7 Å². The first-order valence-corrected chi connectivity index (χ1v) is 9.30. The van der Waals surface area contributed by atoms with E-state index in [2.05, 4.69) is 19.2 Å². The Morgan fingerprint density at radius 2 is 1.64 bits per heavy atom. The monoisotopic (exact) mass is 385 g/mol. The molecule has 0 radical (unpaired) electrons. The van der Waals surface area contributed by atoms with E-state index >= 15 is 0 Å². The van der Waals surface area contributed by atoms with Crippen LogP contribution in [0.1, 0.15) is 38.7 Å². The zero-order valence-electron chi connectivity index (χ0n) is 16.7. The first kappa shape index (κ1) is 21.3. The molecular weight excluding hydrogens is 358 g/mol. The van der Waals surface area contributed by atoms with Crippen molar-refractivity contribution in [1.82, 2.24) is 0 Å². The van der Waals surface area contributed by atoms with E-state index in [-0.39, 0.29) is 12.5 Å². The molecule has 0 saturated carbocycles. The number of carbonyl (C=O) groups excluding carboxylic acids is 2. The molecule has 0 aromatic heterocycles. The number of benzene rings is 2. The average Bonchev–Trinajstić information content (AvgIpc) is 2.72. The van der Waals surface area contributed by atoms with Gasteiger partial charge in [0.15, 0.2) is 12.7 Å². The largest absolute Gasteiger partial charge is 0.497 e. The highest BCUT2D eigenvalue weighted by Crippen LogP contribution is 2.26. The minimum absolute atomic E-state index is 0.284. The lowest BCUT2D eigenvalue weighted by Gasteiger charge is -2.18. The van der Waals surface area contributed by atoms with Gasteiger partial charge in [0, 0.05) is 5.69 Å². The summed E-state index contributed by atoms with van der Waals surface area (Å²) in [6.45, 7) is 5.45. The van der Waals surface area contributed by atoms with Gasteiger partial charge in [0.2, 0.25) is 0 Å². The van der Waals surface area contributed by atoms with Crippen LogP contribution in [0.4, 0.5) is 5.69 Å². The SMILES string of the molecule is CC[C@H](C)c1ccccc1NC(=O)[C@H](C)OC(=O)COc1ccc(OC)cc1. The number of hydrogen-bond acceptors (Lipinski definition) is 5. The number of methoxy groups -OCH3 is 1. The molecule has 2 aromatic rings. The molecule has 0 spiro atoms. The van der Waals surface area contributed by atoms with Gasteiger partial charge in [0.05, 0.1) is 7.11 Å². The third-order valence-corrected chi connectivity index (χ3v) is 4.46. The molecule has 2 atom stereocenters. The molecule has 150 valence electrons. The van der Waals surface area contributed by atoms with E-state index in [0.717, 1.165) is 17.7 Å². The predicted octanol–water partition coefficient (Wildman–Crippen LogP) is 4.16. The number of nitrogens with one attached hydrogen (secondary N) is 1. The molecule has 6 nitrogen and oxygen atoms in total. The fourth-order valence-corrected chi connectivity index (χ4v) is 2.59. The predicted molar refractivity (Wildman–Crippen MR) is 108 cm³/mol. The summed E-state index contributed by atoms with van der Waals surface area (Å²) < 4.78 is 15.6. The van der Waals surface area contributed by atoms with E-state index in [0.29, 0.717) is 17.4 Å². The van der Waals surface area contributed by atoms with Crippen LogP contribution in [0.15, 0.2) is 48.5 Å². The van der Waals surface area contributed by atoms with E-state index in [1.807, 2.05) is 24.3 Å². The van der Waals surface area contributed by atoms with Gasteiger partial charge < -0.3 is 19.5 Å². The smallest absolute Gasteiger partial charge is 0.344 e. The Balaban J connectivity index is 1.87. The highest BCUT2D eigenvalue weighted by atomic mass is 16.6. The Labute approximate surface area is 165 Å². The number of hydrogen-bond donors (Lipinski definition) is 1. The lowest BCUT2D eigenvalue weighted by atomic mass is 9.97. The van der Waals surface area contributed by atoms with Crippen LogP contribution in [0.2, 0.25) is 0 Å². The molecule has 2 rings (SSSR count). The minimum atomic E-state index is -0.933. The number of carbonyl (C=O) groups is 2. The minimum Gasteiger partial charge on any atom is -0.497 e. The van der Waals surface area contributed by atoms with Crippen molar-refractivity contribution >= 4 is 17.6 Å². The van der Waals surface area contributed by atoms with Crippen LogP contribution in [0, 0.1) is 0 Å². The highest BCUT2D eigenvalue weighted by molar-refractivity contribution is 5.95. The van der Waals surface area contributed by atoms with E-state index in [9.17, 15) is 9.59 Å². The maximum absolute atomic E-state index is 12.4. The van der Waals surface area contributed by atoms with E-state index in [4.69, 9.17) is 14.2 Å². The quantitative estimate of drug-likeness (QED) is 0.656. The number of anilines is 1. The highest BCUT2D eigenvalue weighted by Gasteiger charge is 2.20. The van der Waals surface area contributed by atoms with Crippen LogP contribution in [0.3, 0.4) is 0 Å². The van der Waals surface area contributed by atoms with Crippen molar-refractivity contribution in [3.05, 3.63) is 54.1 Å². The summed E-state index contributed by atoms with van der Waals surface area (Å²) in [4.78, 5) is 24.4. The van der Waals surface area contributed by atoms with Gasteiger partial charge in [-0.05, 0) is 55.2 Å². The fraction of sp³-hybridized carbons (Fsp3) is 0.364. The Morgan fingerprint density at radius 3 is 2.29 bits per heavy atom. The first-order chi connectivity index (χ1) is 13.4. The van der Waals surface area contributed by atoms with Crippen LogP contribution in [0.5, 0.6) is 11.5 Å². The zero-order valence-corrected chi connectivity index (χ0v) is 16.7. The third kappa shape index (κ3) is 6.01. The van der Waals surface area contributed by atoms with Gasteiger partial charge in [-0.1, -0.05) is 32.0 Å². The van der Waals surface area contributed by atoms with Crippen molar-refractivity contribution in [2.45, 2.75) is 39.2 Å². The zero-order chi connectivity index (χ0) is 20.5. The normalized spacial score (nSPS) is 12.6. The van der Waals surface area contributed by atoms with Gasteiger partial charge in [0.25, 0.3) is 5.91 Å². The summed E-state index contributed by atoms with van der Waals surface area (Å²) in [6, 6.07) is 14.5. The molecule has 0 aliphatic heterocycles. The summed E-state index contributed by atoms with van der Waals surface area (Å²) >= 11 is 0. The fourth-order valence-electron chi connectivity index (χ4n) is 2.59. The molecule has 0 bridgehead atoms. The van der Waals surface area contributed by atoms with Crippen LogP contribution < -0.4 is 14.8 Å². The third-order valence-electron chi connectivity index (χ3n) is 4.46. The van der Waals surface area contributed by atoms with Crippen molar-refractivity contribution in [1.29, 1.82) is 0 Å². The van der Waals surface area contributed by atoms with Crippen LogP contribution in [-0.2, 0) is 14.3 Å². The molecule has 2 aromatic carbocycles. The maximum atomic E-state index is 12.4. The molecule has 28 heavy (non-hydrogen) atoms. The van der Waals surface area contributed by atoms with Crippen LogP contribution in [0.25, 0.3) is 0 Å². The summed E-state index contributed by atoms with van der Waals surface area (Å²) in [6.07, 6.45) is 0.0251. The Kier molecular flexibility index (Phi) is 7.87. The van der Waals surface area contributed by atoms with Crippen LogP contribution >= 0.6 is 0 Å². The molecule has 0 heterocycles. The molecule has 1 amide bonds. The summed E-state index contributed by atoms with van der Waals surface area (Å²) in [5.41, 5.74) is 1.79. The van der Waals surface area contributed by atoms with Crippen molar-refractivity contribution in [3.8, 4) is 11.5 Å². The molecular formula is C22H27NO5. The molecule has 0 fully saturated rings. The second-order valence-corrected chi connectivity index (χ2v) is 6.48. The lowest BCUT2D eigenvalue weighted by molar-refractivity contribution is -0.155. The Bertz CT molecular complexity index is 788. The number of para-hydroxylation sites is 1. The Morgan fingerprint density at radius 1 is 1.00 bits per heavy atom. The second kappa shape index (κ2) is 10.3. The first-order valence-electron chi connectivity index (χ1n) is 9.30. The van der Waals surface area contributed by atoms with Gasteiger partial charge in [-0.25, -0.2) is 4.79 Å². The topological polar surface area (TPSA) is 73.9 Å². The van der Waals surface area contributed by atoms with Crippen molar-refractivity contribution in [3.63, 3.8) is 0 Å². The average molecular weight is 385 g/mol. The van der Waals surface area contributed by atoms with E-state index < -0.39 is 12.1 Å². The molecule has 0 saturated heterocycles. The number of esters is 1. The van der Waals surface area contributed by atoms with E-state index in [1.54, 1.807) is 31.4 Å². The van der Waals surface area contributed by atoms with Crippen molar-refractivity contribution in [2.75, 3.05) is 19.0 Å². The molecule has 0 aliphatic carbocycles. The molecule has 6 heteroatoms. The summed E-state index contributed by atoms with van der Waals surface area (Å²) in [5, 5.41) is 2.85. The number of amides is 1. The molecule has 0 aliphatic rings. The van der Waals surface area contributed by atoms with Gasteiger partial charge >= 0.3 is 5.97 Å². The standard InChI is InChI=1S/C22H27NO5/c1-5-15(2)19-8-6-7-9-20(19)23-22(25)16(3)28-21(24)14-27-18-12-10-17(26-4)11-13-18/h6-13,15-16H,5,14H2,1-4H3,(H,23,25)/t15-,16-/m0/s1. The Hall–Kier alpha value is -3.02. The summed E-state index contributed by atoms with van der Waals surface area (Å²) in [7, 11) is 1.57. The van der Waals surface area contributed by atoms with Gasteiger partial charge in [-0.3, -0.25) is 4.79 Å². The number of rotatable bonds is 9. The maximum Gasteiger partial charge on any atom is 0.344 e. The van der Waals surface area contributed by atoms with Gasteiger partial charge in [-0.2, -0.15) is 0 Å². The van der Waals surface area contributed by atoms with E-state index in [1.165, 1.54) is 6.92 Å². The van der Waals surface area contributed by atoms with Crippen molar-refractivity contribution < 1.29 is 23.8 Å². The molecule has 0 unspecified atom stereocenters. The summed E-state index contributed by atoms with van der Waals surface area (Å²) in [5.74, 6) is 0.518. The molecule has 1 N–H and O–H groups in total. The van der Waals surface area contributed by atoms with Gasteiger partial charge in [-0.15, -0.1) is 0 Å². The lowest BCUT2D eigenvalue weighted by Crippen LogP contribution is -2.32. The van der Waals surface area contributed by atoms with Gasteiger partial charge in [0.1, 0.15) is 11.5 Å². The second-order valence-electron chi connectivity index (χ2n) is 6.48. The number of ether oxygens (including phenoxy) is 3. The van der Waals surface area contributed by atoms with Crippen molar-refractivity contribution in [2.24, 2.45) is 0 Å².